The van der Waals surface area contributed by atoms with Crippen molar-refractivity contribution in [3.63, 3.8) is 0 Å². The Kier molecular flexibility index (Phi) is 3.47. The monoisotopic (exact) mass is 245 g/mol. The number of nitrogens with one attached hydrogen (secondary N) is 2. The zero-order valence-corrected chi connectivity index (χ0v) is 9.81. The van der Waals surface area contributed by atoms with Crippen molar-refractivity contribution >= 4 is 28.2 Å². The molecule has 1 aromatic carbocycles. The molecule has 2 aromatic rings. The van der Waals surface area contributed by atoms with Gasteiger partial charge in [0, 0.05) is 36.3 Å². The Bertz CT molecular complexity index is 569. The number of nitrogens with two attached hydrogens (primary N) is 2. The molecule has 0 aliphatic heterocycles. The summed E-state index contributed by atoms with van der Waals surface area (Å²) in [6, 6.07) is 5.18. The van der Waals surface area contributed by atoms with Crippen molar-refractivity contribution < 1.29 is 4.79 Å². The van der Waals surface area contributed by atoms with Crippen molar-refractivity contribution in [3.8, 4) is 0 Å². The molecule has 0 atom stereocenters. The van der Waals surface area contributed by atoms with Gasteiger partial charge in [-0.05, 0) is 12.1 Å². The molecule has 0 bridgehead atoms. The van der Waals surface area contributed by atoms with E-state index in [1.807, 2.05) is 18.2 Å². The molecular formula is C12H15N5O. The topological polar surface area (TPSA) is 106 Å². The maximum atomic E-state index is 10.5. The molecule has 0 radical (unpaired) electrons. The Labute approximate surface area is 104 Å². The van der Waals surface area contributed by atoms with Crippen LogP contribution in [0, 0.1) is 0 Å². The minimum Gasteiger partial charge on any atom is -0.397 e. The molecule has 6 heteroatoms. The molecular weight excluding hydrogens is 230 g/mol. The van der Waals surface area contributed by atoms with Crippen LogP contribution in [0.2, 0.25) is 0 Å². The molecule has 2 rings (SSSR count). The van der Waals surface area contributed by atoms with Gasteiger partial charge < -0.3 is 22.1 Å². The number of nitrogens with zero attached hydrogens (tertiary/aromatic N) is 1. The predicted octanol–water partition coefficient (Wildman–Crippen LogP) is 0.897. The van der Waals surface area contributed by atoms with E-state index in [4.69, 9.17) is 11.5 Å². The first-order valence-corrected chi connectivity index (χ1v) is 5.58. The Morgan fingerprint density at radius 1 is 1.28 bits per heavy atom. The van der Waals surface area contributed by atoms with Crippen LogP contribution in [-0.4, -0.2) is 24.1 Å². The lowest BCUT2D eigenvalue weighted by Crippen LogP contribution is -2.33. The maximum absolute atomic E-state index is 10.5. The van der Waals surface area contributed by atoms with E-state index in [2.05, 4.69) is 15.6 Å². The zero-order chi connectivity index (χ0) is 13.0. The number of rotatable bonds is 4. The van der Waals surface area contributed by atoms with Crippen molar-refractivity contribution in [3.05, 3.63) is 30.6 Å². The van der Waals surface area contributed by atoms with Crippen LogP contribution in [0.15, 0.2) is 30.6 Å². The average molecular weight is 245 g/mol. The summed E-state index contributed by atoms with van der Waals surface area (Å²) in [4.78, 5) is 14.5. The number of benzene rings is 1. The van der Waals surface area contributed by atoms with Gasteiger partial charge in [-0.2, -0.15) is 0 Å². The summed E-state index contributed by atoms with van der Waals surface area (Å²) in [5.41, 5.74) is 12.5. The highest BCUT2D eigenvalue weighted by Gasteiger charge is 2.03. The van der Waals surface area contributed by atoms with Crippen LogP contribution in [0.1, 0.15) is 0 Å². The quantitative estimate of drug-likeness (QED) is 0.474. The first-order valence-electron chi connectivity index (χ1n) is 5.58. The first kappa shape index (κ1) is 12.0. The normalized spacial score (nSPS) is 10.2. The number of nitrogen functional groups attached to an aromatic ring is 1. The fourth-order valence-corrected chi connectivity index (χ4v) is 1.73. The second-order valence-corrected chi connectivity index (χ2v) is 3.84. The third-order valence-corrected chi connectivity index (χ3v) is 2.60. The number of pyridine rings is 1. The molecule has 0 saturated heterocycles. The van der Waals surface area contributed by atoms with Gasteiger partial charge in [0.05, 0.1) is 11.4 Å². The van der Waals surface area contributed by atoms with E-state index in [1.54, 1.807) is 12.4 Å². The van der Waals surface area contributed by atoms with E-state index in [1.165, 1.54) is 0 Å². The molecule has 6 nitrogen and oxygen atoms in total. The van der Waals surface area contributed by atoms with Gasteiger partial charge in [0.15, 0.2) is 0 Å². The number of anilines is 2. The lowest BCUT2D eigenvalue weighted by molar-refractivity contribution is 0.249. The molecule has 0 unspecified atom stereocenters. The second kappa shape index (κ2) is 5.22. The SMILES string of the molecule is NC(=O)NCCNc1ccc2cnccc2c1N. The molecule has 0 fully saturated rings. The number of carbonyl (C=O) groups excluding carboxylic acids is 1. The molecule has 2 amide bonds. The van der Waals surface area contributed by atoms with Gasteiger partial charge in [-0.1, -0.05) is 6.07 Å². The summed E-state index contributed by atoms with van der Waals surface area (Å²) in [6.07, 6.45) is 3.47. The van der Waals surface area contributed by atoms with Gasteiger partial charge in [0.2, 0.25) is 0 Å². The van der Waals surface area contributed by atoms with Gasteiger partial charge >= 0.3 is 6.03 Å². The third kappa shape index (κ3) is 2.60. The van der Waals surface area contributed by atoms with Crippen LogP contribution in [0.5, 0.6) is 0 Å². The van der Waals surface area contributed by atoms with E-state index < -0.39 is 6.03 Å². The number of urea groups is 1. The van der Waals surface area contributed by atoms with Crippen molar-refractivity contribution in [2.75, 3.05) is 24.1 Å². The van der Waals surface area contributed by atoms with Crippen molar-refractivity contribution in [2.24, 2.45) is 5.73 Å². The van der Waals surface area contributed by atoms with E-state index in [0.29, 0.717) is 18.8 Å². The van der Waals surface area contributed by atoms with Crippen molar-refractivity contribution in [2.45, 2.75) is 0 Å². The second-order valence-electron chi connectivity index (χ2n) is 3.84. The Morgan fingerprint density at radius 3 is 2.89 bits per heavy atom. The molecule has 0 spiro atoms. The minimum atomic E-state index is -0.533. The standard InChI is InChI=1S/C12H15N5O/c13-11-9-3-4-15-7-8(9)1-2-10(11)16-5-6-17-12(14)18/h1-4,7,16H,5-6,13H2,(H3,14,17,18). The average Bonchev–Trinajstić information content (AvgIpc) is 2.37. The van der Waals surface area contributed by atoms with Crippen LogP contribution in [0.25, 0.3) is 10.8 Å². The number of amides is 2. The summed E-state index contributed by atoms with van der Waals surface area (Å²) in [7, 11) is 0. The molecule has 1 heterocycles. The molecule has 18 heavy (non-hydrogen) atoms. The maximum Gasteiger partial charge on any atom is 0.312 e. The zero-order valence-electron chi connectivity index (χ0n) is 9.81. The van der Waals surface area contributed by atoms with Gasteiger partial charge in [-0.25, -0.2) is 4.79 Å². The fourth-order valence-electron chi connectivity index (χ4n) is 1.73. The number of aromatic nitrogens is 1. The number of fused-ring (bicyclic) bond motifs is 1. The van der Waals surface area contributed by atoms with E-state index in [9.17, 15) is 4.79 Å². The molecule has 94 valence electrons. The van der Waals surface area contributed by atoms with Crippen LogP contribution in [-0.2, 0) is 0 Å². The fraction of sp³-hybridized carbons (Fsp3) is 0.167. The highest BCUT2D eigenvalue weighted by molar-refractivity contribution is 5.98. The first-order chi connectivity index (χ1) is 8.68. The van der Waals surface area contributed by atoms with E-state index >= 15 is 0 Å². The smallest absolute Gasteiger partial charge is 0.312 e. The molecule has 0 aliphatic carbocycles. The Morgan fingerprint density at radius 2 is 2.11 bits per heavy atom. The van der Waals surface area contributed by atoms with Crippen LogP contribution < -0.4 is 22.1 Å². The number of primary amides is 1. The number of carbonyl (C=O) groups is 1. The van der Waals surface area contributed by atoms with Crippen LogP contribution in [0.4, 0.5) is 16.2 Å². The Balaban J connectivity index is 2.09. The summed E-state index contributed by atoms with van der Waals surface area (Å²) < 4.78 is 0. The lowest BCUT2D eigenvalue weighted by atomic mass is 10.1. The van der Waals surface area contributed by atoms with Gasteiger partial charge in [-0.15, -0.1) is 0 Å². The Hall–Kier alpha value is -2.50. The van der Waals surface area contributed by atoms with Gasteiger partial charge in [-0.3, -0.25) is 4.98 Å². The number of hydrogen-bond acceptors (Lipinski definition) is 4. The van der Waals surface area contributed by atoms with E-state index in [-0.39, 0.29) is 0 Å². The summed E-state index contributed by atoms with van der Waals surface area (Å²) in [5.74, 6) is 0. The molecule has 6 N–H and O–H groups in total. The lowest BCUT2D eigenvalue weighted by Gasteiger charge is -2.11. The molecule has 0 saturated carbocycles. The largest absolute Gasteiger partial charge is 0.397 e. The van der Waals surface area contributed by atoms with Crippen LogP contribution in [0.3, 0.4) is 0 Å². The molecule has 0 aliphatic rings. The van der Waals surface area contributed by atoms with Gasteiger partial charge in [0.25, 0.3) is 0 Å². The van der Waals surface area contributed by atoms with Crippen LogP contribution >= 0.6 is 0 Å². The summed E-state index contributed by atoms with van der Waals surface area (Å²) >= 11 is 0. The third-order valence-electron chi connectivity index (χ3n) is 2.60. The highest BCUT2D eigenvalue weighted by Crippen LogP contribution is 2.27. The summed E-state index contributed by atoms with van der Waals surface area (Å²) in [5, 5.41) is 7.60. The number of hydrogen-bond donors (Lipinski definition) is 4. The minimum absolute atomic E-state index is 0.448. The van der Waals surface area contributed by atoms with E-state index in [0.717, 1.165) is 16.5 Å². The van der Waals surface area contributed by atoms with Crippen molar-refractivity contribution in [1.29, 1.82) is 0 Å². The highest BCUT2D eigenvalue weighted by atomic mass is 16.2. The van der Waals surface area contributed by atoms with Gasteiger partial charge in [0.1, 0.15) is 0 Å². The molecule has 1 aromatic heterocycles. The summed E-state index contributed by atoms with van der Waals surface area (Å²) in [6.45, 7) is 1.01. The predicted molar refractivity (Wildman–Crippen MR) is 72.2 cm³/mol. The van der Waals surface area contributed by atoms with Crippen molar-refractivity contribution in [1.82, 2.24) is 10.3 Å².